The summed E-state index contributed by atoms with van der Waals surface area (Å²) < 4.78 is 26.2. The fourth-order valence-corrected chi connectivity index (χ4v) is 6.63. The van der Waals surface area contributed by atoms with E-state index in [9.17, 15) is 9.18 Å². The molecule has 2 atom stereocenters. The number of nitrogens with one attached hydrogen (secondary N) is 1. The number of carbonyl (C=O) groups is 1. The smallest absolute Gasteiger partial charge is 0.410 e. The molecule has 1 fully saturated rings. The average Bonchev–Trinajstić information content (AvgIpc) is 3.41. The van der Waals surface area contributed by atoms with Gasteiger partial charge >= 0.3 is 6.09 Å². The predicted molar refractivity (Wildman–Crippen MR) is 160 cm³/mol. The number of ether oxygens (including phenoxy) is 2. The number of carbonyl (C=O) groups excluding carboxylic acids is 1. The Morgan fingerprint density at radius 2 is 1.98 bits per heavy atom. The number of H-pyrrole nitrogens is 1. The van der Waals surface area contributed by atoms with Crippen LogP contribution in [-0.2, 0) is 21.3 Å². The Morgan fingerprint density at radius 1 is 1.22 bits per heavy atom. The highest BCUT2D eigenvalue weighted by atomic mass is 19.1. The van der Waals surface area contributed by atoms with Crippen LogP contribution in [0.25, 0.3) is 11.0 Å². The van der Waals surface area contributed by atoms with Crippen LogP contribution in [0.5, 0.6) is 0 Å². The van der Waals surface area contributed by atoms with E-state index in [0.29, 0.717) is 45.6 Å². The van der Waals surface area contributed by atoms with Gasteiger partial charge in [0.2, 0.25) is 0 Å². The molecule has 3 aromatic rings. The molecule has 2 aliphatic rings. The summed E-state index contributed by atoms with van der Waals surface area (Å²) in [7, 11) is 2.14. The van der Waals surface area contributed by atoms with Crippen LogP contribution in [0.15, 0.2) is 42.5 Å². The summed E-state index contributed by atoms with van der Waals surface area (Å²) >= 11 is 0. The second-order valence-corrected chi connectivity index (χ2v) is 12.9. The molecule has 8 heteroatoms. The second kappa shape index (κ2) is 12.1. The van der Waals surface area contributed by atoms with Gasteiger partial charge in [-0.3, -0.25) is 0 Å². The topological polar surface area (TPSA) is 70.7 Å². The number of aromatic nitrogens is 2. The molecule has 2 heterocycles. The van der Waals surface area contributed by atoms with Crippen molar-refractivity contribution in [1.82, 2.24) is 19.8 Å². The maximum Gasteiger partial charge on any atom is 0.410 e. The summed E-state index contributed by atoms with van der Waals surface area (Å²) in [6.07, 6.45) is 2.75. The molecular formula is C33H45FN4O3. The Labute approximate surface area is 243 Å². The van der Waals surface area contributed by atoms with E-state index >= 15 is 0 Å². The number of amides is 1. The van der Waals surface area contributed by atoms with Gasteiger partial charge in [-0.05, 0) is 74.2 Å². The molecule has 222 valence electrons. The lowest BCUT2D eigenvalue weighted by Gasteiger charge is -2.47. The zero-order valence-corrected chi connectivity index (χ0v) is 25.2. The summed E-state index contributed by atoms with van der Waals surface area (Å²) in [5, 5.41) is 0. The van der Waals surface area contributed by atoms with Crippen molar-refractivity contribution in [3.05, 3.63) is 65.2 Å². The van der Waals surface area contributed by atoms with Gasteiger partial charge in [0.15, 0.2) is 0 Å². The van der Waals surface area contributed by atoms with Crippen LogP contribution in [0, 0.1) is 11.7 Å². The summed E-state index contributed by atoms with van der Waals surface area (Å²) in [6.45, 7) is 12.6. The van der Waals surface area contributed by atoms with Gasteiger partial charge in [-0.25, -0.2) is 14.2 Å². The molecule has 1 aliphatic heterocycles. The molecule has 2 aromatic carbocycles. The number of aryl methyl sites for hydroxylation is 1. The predicted octanol–water partition coefficient (Wildman–Crippen LogP) is 6.29. The van der Waals surface area contributed by atoms with Gasteiger partial charge in [0.1, 0.15) is 17.2 Å². The maximum absolute atomic E-state index is 14.2. The fraction of sp³-hybridized carbons (Fsp3) is 0.576. The van der Waals surface area contributed by atoms with Gasteiger partial charge in [0.25, 0.3) is 0 Å². The molecule has 1 N–H and O–H groups in total. The molecule has 1 aliphatic carbocycles. The van der Waals surface area contributed by atoms with Gasteiger partial charge in [0, 0.05) is 37.4 Å². The van der Waals surface area contributed by atoms with Crippen molar-refractivity contribution in [3.63, 3.8) is 0 Å². The lowest BCUT2D eigenvalue weighted by Crippen LogP contribution is -2.52. The quantitative estimate of drug-likeness (QED) is 0.331. The maximum atomic E-state index is 14.2. The molecule has 0 spiro atoms. The number of fused-ring (bicyclic) bond motifs is 2. The van der Waals surface area contributed by atoms with E-state index in [-0.39, 0.29) is 29.2 Å². The van der Waals surface area contributed by atoms with E-state index < -0.39 is 5.60 Å². The highest BCUT2D eigenvalue weighted by Crippen LogP contribution is 2.48. The molecule has 0 bridgehead atoms. The zero-order valence-electron chi connectivity index (χ0n) is 25.2. The van der Waals surface area contributed by atoms with Crippen LogP contribution in [0.2, 0.25) is 0 Å². The Balaban J connectivity index is 1.32. The van der Waals surface area contributed by atoms with Gasteiger partial charge < -0.3 is 24.3 Å². The zero-order chi connectivity index (χ0) is 29.2. The van der Waals surface area contributed by atoms with E-state index in [4.69, 9.17) is 14.5 Å². The number of morpholine rings is 1. The summed E-state index contributed by atoms with van der Waals surface area (Å²) in [6, 6.07) is 13.2. The molecule has 1 saturated heterocycles. The Hall–Kier alpha value is -2.97. The lowest BCUT2D eigenvalue weighted by atomic mass is 9.65. The SMILES string of the molecule is CC(C)C1c2ccc(F)cc2CC[C@@]1(CCN(C)CCC(C)(C)c1nc2ccccc2[nH]1)OC(=O)N1CCOCC1. The van der Waals surface area contributed by atoms with Crippen molar-refractivity contribution in [2.45, 2.75) is 70.3 Å². The molecule has 5 rings (SSSR count). The van der Waals surface area contributed by atoms with Crippen LogP contribution in [0.4, 0.5) is 9.18 Å². The van der Waals surface area contributed by atoms with E-state index in [1.165, 1.54) is 0 Å². The standard InChI is InChI=1S/C33H45FN4O3/c1-23(2)29-26-11-10-25(34)22-24(26)12-13-33(29,41-31(39)38-18-20-40-21-19-38)15-17-37(5)16-14-32(3,4)30-35-27-8-6-7-9-28(27)36-30/h6-11,22-23,29H,12-21H2,1-5H3,(H,35,36)/t29?,33-/m0/s1. The van der Waals surface area contributed by atoms with Crippen LogP contribution >= 0.6 is 0 Å². The number of para-hydroxylation sites is 2. The second-order valence-electron chi connectivity index (χ2n) is 12.9. The number of imidazole rings is 1. The van der Waals surface area contributed by atoms with Crippen LogP contribution in [0.1, 0.15) is 69.8 Å². The molecule has 1 unspecified atom stereocenters. The first-order chi connectivity index (χ1) is 19.6. The molecule has 1 aromatic heterocycles. The summed E-state index contributed by atoms with van der Waals surface area (Å²) in [5.41, 5.74) is 3.40. The van der Waals surface area contributed by atoms with Gasteiger partial charge in [-0.1, -0.05) is 45.9 Å². The van der Waals surface area contributed by atoms with Crippen molar-refractivity contribution >= 4 is 17.1 Å². The van der Waals surface area contributed by atoms with Crippen molar-refractivity contribution in [2.75, 3.05) is 46.4 Å². The molecule has 0 saturated carbocycles. The minimum absolute atomic E-state index is 0.0165. The first-order valence-electron chi connectivity index (χ1n) is 15.1. The Morgan fingerprint density at radius 3 is 2.71 bits per heavy atom. The molecule has 1 amide bonds. The third-order valence-corrected chi connectivity index (χ3v) is 9.12. The van der Waals surface area contributed by atoms with Crippen molar-refractivity contribution in [2.24, 2.45) is 5.92 Å². The number of rotatable bonds is 9. The Bertz CT molecular complexity index is 1320. The minimum atomic E-state index is -0.670. The van der Waals surface area contributed by atoms with Gasteiger partial charge in [0.05, 0.1) is 24.2 Å². The van der Waals surface area contributed by atoms with E-state index in [1.54, 1.807) is 17.0 Å². The normalized spacial score (nSPS) is 21.5. The largest absolute Gasteiger partial charge is 0.442 e. The monoisotopic (exact) mass is 564 g/mol. The number of aromatic amines is 1. The van der Waals surface area contributed by atoms with Crippen LogP contribution < -0.4 is 0 Å². The first kappa shape index (κ1) is 29.5. The van der Waals surface area contributed by atoms with Crippen LogP contribution in [-0.4, -0.2) is 77.9 Å². The highest BCUT2D eigenvalue weighted by molar-refractivity contribution is 5.75. The molecule has 0 radical (unpaired) electrons. The van der Waals surface area contributed by atoms with Crippen molar-refractivity contribution < 1.29 is 18.7 Å². The Kier molecular flexibility index (Phi) is 8.71. The minimum Gasteiger partial charge on any atom is -0.442 e. The highest BCUT2D eigenvalue weighted by Gasteiger charge is 2.48. The number of hydrogen-bond donors (Lipinski definition) is 1. The first-order valence-corrected chi connectivity index (χ1v) is 15.1. The van der Waals surface area contributed by atoms with E-state index in [1.807, 2.05) is 24.3 Å². The van der Waals surface area contributed by atoms with Crippen molar-refractivity contribution in [1.29, 1.82) is 0 Å². The third-order valence-electron chi connectivity index (χ3n) is 9.12. The lowest BCUT2D eigenvalue weighted by molar-refractivity contribution is -0.0671. The third kappa shape index (κ3) is 6.44. The van der Waals surface area contributed by atoms with E-state index in [0.717, 1.165) is 47.5 Å². The number of nitrogens with zero attached hydrogens (tertiary/aromatic N) is 3. The summed E-state index contributed by atoms with van der Waals surface area (Å²) in [4.78, 5) is 26.0. The number of hydrogen-bond acceptors (Lipinski definition) is 5. The van der Waals surface area contributed by atoms with Gasteiger partial charge in [-0.2, -0.15) is 0 Å². The summed E-state index contributed by atoms with van der Waals surface area (Å²) in [5.74, 6) is 0.987. The number of halogens is 1. The average molecular weight is 565 g/mol. The molecular weight excluding hydrogens is 519 g/mol. The number of benzene rings is 2. The molecule has 41 heavy (non-hydrogen) atoms. The fourth-order valence-electron chi connectivity index (χ4n) is 6.63. The molecule has 7 nitrogen and oxygen atoms in total. The van der Waals surface area contributed by atoms with Crippen LogP contribution in [0.3, 0.4) is 0 Å². The van der Waals surface area contributed by atoms with Gasteiger partial charge in [-0.15, -0.1) is 0 Å². The van der Waals surface area contributed by atoms with E-state index in [2.05, 4.69) is 50.7 Å². The van der Waals surface area contributed by atoms with Crippen molar-refractivity contribution in [3.8, 4) is 0 Å².